The SMILES string of the molecule is CC(=O)c1ccc(Nc2cc(-c3c(F)cccc3F)nc3c2C(=O)NC3)cc1. The number of hydrogen-bond acceptors (Lipinski definition) is 4. The first kappa shape index (κ1) is 17.8. The molecule has 0 atom stereocenters. The summed E-state index contributed by atoms with van der Waals surface area (Å²) in [5, 5.41) is 5.76. The smallest absolute Gasteiger partial charge is 0.255 e. The molecule has 0 radical (unpaired) electrons. The standard InChI is InChI=1S/C21H15F2N3O2/c1-11(27)12-5-7-13(8-6-12)25-17-9-16(19-14(22)3-2-4-15(19)23)26-18-10-24-21(28)20(17)18/h2-9H,10H2,1H3,(H,24,28)(H,25,26). The molecule has 2 heterocycles. The minimum Gasteiger partial charge on any atom is -0.355 e. The van der Waals surface area contributed by atoms with Crippen molar-refractivity contribution in [2.24, 2.45) is 0 Å². The van der Waals surface area contributed by atoms with E-state index in [0.29, 0.717) is 28.2 Å². The monoisotopic (exact) mass is 379 g/mol. The molecule has 28 heavy (non-hydrogen) atoms. The van der Waals surface area contributed by atoms with E-state index >= 15 is 0 Å². The molecule has 3 aromatic rings. The summed E-state index contributed by atoms with van der Waals surface area (Å²) >= 11 is 0. The fourth-order valence-electron chi connectivity index (χ4n) is 3.14. The second-order valence-corrected chi connectivity index (χ2v) is 6.41. The summed E-state index contributed by atoms with van der Waals surface area (Å²) in [4.78, 5) is 27.9. The Hall–Kier alpha value is -3.61. The van der Waals surface area contributed by atoms with E-state index in [0.717, 1.165) is 12.1 Å². The lowest BCUT2D eigenvalue weighted by Crippen LogP contribution is -2.13. The number of nitrogens with zero attached hydrogens (tertiary/aromatic N) is 1. The molecule has 0 spiro atoms. The Kier molecular flexibility index (Phi) is 4.35. The Morgan fingerprint density at radius 3 is 2.39 bits per heavy atom. The Labute approximate surface area is 159 Å². The van der Waals surface area contributed by atoms with Crippen LogP contribution in [0.3, 0.4) is 0 Å². The second kappa shape index (κ2) is 6.84. The number of Topliss-reactive ketones (excluding diaryl/α,β-unsaturated/α-hetero) is 1. The maximum Gasteiger partial charge on any atom is 0.255 e. The number of anilines is 2. The van der Waals surface area contributed by atoms with Crippen molar-refractivity contribution in [3.05, 3.63) is 77.0 Å². The zero-order valence-corrected chi connectivity index (χ0v) is 14.8. The minimum atomic E-state index is -0.735. The Morgan fingerprint density at radius 1 is 1.07 bits per heavy atom. The first-order chi connectivity index (χ1) is 13.4. The molecule has 2 N–H and O–H groups in total. The van der Waals surface area contributed by atoms with E-state index in [2.05, 4.69) is 15.6 Å². The molecule has 1 amide bonds. The quantitative estimate of drug-likeness (QED) is 0.666. The van der Waals surface area contributed by atoms with Crippen molar-refractivity contribution in [3.8, 4) is 11.3 Å². The van der Waals surface area contributed by atoms with E-state index in [1.165, 1.54) is 19.1 Å². The summed E-state index contributed by atoms with van der Waals surface area (Å²) in [7, 11) is 0. The first-order valence-corrected chi connectivity index (χ1v) is 8.58. The fraction of sp³-hybridized carbons (Fsp3) is 0.0952. The summed E-state index contributed by atoms with van der Waals surface area (Å²) in [6.45, 7) is 1.65. The molecular weight excluding hydrogens is 364 g/mol. The Bertz CT molecular complexity index is 1090. The molecule has 0 saturated carbocycles. The van der Waals surface area contributed by atoms with E-state index in [1.807, 2.05) is 0 Å². The van der Waals surface area contributed by atoms with Crippen molar-refractivity contribution in [1.82, 2.24) is 10.3 Å². The molecule has 2 aromatic carbocycles. The molecule has 0 unspecified atom stereocenters. The molecule has 5 nitrogen and oxygen atoms in total. The van der Waals surface area contributed by atoms with Gasteiger partial charge >= 0.3 is 0 Å². The van der Waals surface area contributed by atoms with Gasteiger partial charge in [0.1, 0.15) is 11.6 Å². The summed E-state index contributed by atoms with van der Waals surface area (Å²) in [6, 6.07) is 11.7. The number of amides is 1. The van der Waals surface area contributed by atoms with Gasteiger partial charge in [-0.2, -0.15) is 0 Å². The van der Waals surface area contributed by atoms with E-state index in [4.69, 9.17) is 0 Å². The van der Waals surface area contributed by atoms with E-state index in [9.17, 15) is 18.4 Å². The third kappa shape index (κ3) is 3.11. The van der Waals surface area contributed by atoms with E-state index in [1.54, 1.807) is 24.3 Å². The van der Waals surface area contributed by atoms with E-state index in [-0.39, 0.29) is 29.5 Å². The van der Waals surface area contributed by atoms with Gasteiger partial charge in [-0.15, -0.1) is 0 Å². The van der Waals surface area contributed by atoms with Gasteiger partial charge in [-0.25, -0.2) is 13.8 Å². The lowest BCUT2D eigenvalue weighted by molar-refractivity contribution is 0.0965. The highest BCUT2D eigenvalue weighted by Crippen LogP contribution is 2.33. The van der Waals surface area contributed by atoms with Crippen LogP contribution in [0.4, 0.5) is 20.2 Å². The van der Waals surface area contributed by atoms with Crippen molar-refractivity contribution >= 4 is 23.1 Å². The topological polar surface area (TPSA) is 71.1 Å². The van der Waals surface area contributed by atoms with Crippen LogP contribution >= 0.6 is 0 Å². The molecule has 1 aliphatic rings. The molecule has 0 aliphatic carbocycles. The second-order valence-electron chi connectivity index (χ2n) is 6.41. The average molecular weight is 379 g/mol. The third-order valence-corrected chi connectivity index (χ3v) is 4.53. The zero-order valence-electron chi connectivity index (χ0n) is 14.8. The molecule has 4 rings (SSSR count). The summed E-state index contributed by atoms with van der Waals surface area (Å²) in [5.74, 6) is -1.85. The molecule has 0 saturated heterocycles. The number of carbonyl (C=O) groups excluding carboxylic acids is 2. The van der Waals surface area contributed by atoms with Crippen molar-refractivity contribution in [2.75, 3.05) is 5.32 Å². The molecule has 0 fully saturated rings. The first-order valence-electron chi connectivity index (χ1n) is 8.58. The number of halogens is 2. The molecule has 0 bridgehead atoms. The predicted molar refractivity (Wildman–Crippen MR) is 100 cm³/mol. The number of fused-ring (bicyclic) bond motifs is 1. The normalized spacial score (nSPS) is 12.5. The van der Waals surface area contributed by atoms with Gasteiger partial charge < -0.3 is 10.6 Å². The largest absolute Gasteiger partial charge is 0.355 e. The highest BCUT2D eigenvalue weighted by molar-refractivity contribution is 6.04. The number of benzene rings is 2. The van der Waals surface area contributed by atoms with Crippen molar-refractivity contribution in [1.29, 1.82) is 0 Å². The van der Waals surface area contributed by atoms with Gasteiger partial charge in [0.05, 0.1) is 34.7 Å². The zero-order chi connectivity index (χ0) is 19.8. The molecular formula is C21H15F2N3O2. The van der Waals surface area contributed by atoms with Crippen LogP contribution in [0.5, 0.6) is 0 Å². The lowest BCUT2D eigenvalue weighted by atomic mass is 10.1. The number of nitrogens with one attached hydrogen (secondary N) is 2. The number of rotatable bonds is 4. The number of aromatic nitrogens is 1. The van der Waals surface area contributed by atoms with Gasteiger partial charge in [-0.3, -0.25) is 9.59 Å². The van der Waals surface area contributed by atoms with Gasteiger partial charge in [0, 0.05) is 11.3 Å². The van der Waals surface area contributed by atoms with Crippen LogP contribution in [-0.4, -0.2) is 16.7 Å². The van der Waals surface area contributed by atoms with Crippen LogP contribution in [0.25, 0.3) is 11.3 Å². The summed E-state index contributed by atoms with van der Waals surface area (Å²) < 4.78 is 28.5. The molecule has 140 valence electrons. The lowest BCUT2D eigenvalue weighted by Gasteiger charge is -2.13. The average Bonchev–Trinajstić information content (AvgIpc) is 3.03. The maximum atomic E-state index is 14.2. The Balaban J connectivity index is 1.81. The predicted octanol–water partition coefficient (Wildman–Crippen LogP) is 4.22. The van der Waals surface area contributed by atoms with Gasteiger partial charge in [0.15, 0.2) is 5.78 Å². The van der Waals surface area contributed by atoms with Gasteiger partial charge in [-0.1, -0.05) is 6.07 Å². The molecule has 1 aromatic heterocycles. The molecule has 1 aliphatic heterocycles. The van der Waals surface area contributed by atoms with Gasteiger partial charge in [-0.05, 0) is 49.4 Å². The van der Waals surface area contributed by atoms with Crippen LogP contribution in [-0.2, 0) is 6.54 Å². The minimum absolute atomic E-state index is 0.0620. The van der Waals surface area contributed by atoms with Crippen LogP contribution < -0.4 is 10.6 Å². The highest BCUT2D eigenvalue weighted by Gasteiger charge is 2.27. The van der Waals surface area contributed by atoms with Gasteiger partial charge in [0.2, 0.25) is 0 Å². The summed E-state index contributed by atoms with van der Waals surface area (Å²) in [5.41, 5.74) is 2.14. The third-order valence-electron chi connectivity index (χ3n) is 4.53. The maximum absolute atomic E-state index is 14.2. The summed E-state index contributed by atoms with van der Waals surface area (Å²) in [6.07, 6.45) is 0. The van der Waals surface area contributed by atoms with Crippen LogP contribution in [0.1, 0.15) is 33.3 Å². The number of hydrogen-bond donors (Lipinski definition) is 2. The van der Waals surface area contributed by atoms with Crippen molar-refractivity contribution in [3.63, 3.8) is 0 Å². The Morgan fingerprint density at radius 2 is 1.75 bits per heavy atom. The van der Waals surface area contributed by atoms with Crippen LogP contribution in [0, 0.1) is 11.6 Å². The number of carbonyl (C=O) groups is 2. The van der Waals surface area contributed by atoms with Crippen molar-refractivity contribution in [2.45, 2.75) is 13.5 Å². The number of ketones is 1. The van der Waals surface area contributed by atoms with Crippen molar-refractivity contribution < 1.29 is 18.4 Å². The fourth-order valence-corrected chi connectivity index (χ4v) is 3.14. The van der Waals surface area contributed by atoms with E-state index < -0.39 is 11.6 Å². The molecule has 7 heteroatoms. The van der Waals surface area contributed by atoms with Crippen LogP contribution in [0.15, 0.2) is 48.5 Å². The number of pyridine rings is 1. The highest BCUT2D eigenvalue weighted by atomic mass is 19.1. The van der Waals surface area contributed by atoms with Crippen LogP contribution in [0.2, 0.25) is 0 Å². The van der Waals surface area contributed by atoms with Gasteiger partial charge in [0.25, 0.3) is 5.91 Å².